The Morgan fingerprint density at radius 1 is 1.50 bits per heavy atom. The highest BCUT2D eigenvalue weighted by molar-refractivity contribution is 7.99. The number of aromatic carboxylic acids is 1. The minimum Gasteiger partial charge on any atom is -0.478 e. The van der Waals surface area contributed by atoms with Gasteiger partial charge in [0.15, 0.2) is 0 Å². The highest BCUT2D eigenvalue weighted by Crippen LogP contribution is 2.29. The molecule has 4 nitrogen and oxygen atoms in total. The molecule has 18 heavy (non-hydrogen) atoms. The van der Waals surface area contributed by atoms with Gasteiger partial charge >= 0.3 is 5.97 Å². The zero-order valence-electron chi connectivity index (χ0n) is 10.2. The molecule has 1 aliphatic rings. The maximum atomic E-state index is 11.9. The number of hydrogen-bond donors (Lipinski definition) is 1. The van der Waals surface area contributed by atoms with Gasteiger partial charge < -0.3 is 10.0 Å². The van der Waals surface area contributed by atoms with E-state index in [1.54, 1.807) is 34.9 Å². The van der Waals surface area contributed by atoms with Crippen molar-refractivity contribution in [3.8, 4) is 0 Å². The van der Waals surface area contributed by atoms with Crippen molar-refractivity contribution in [2.75, 3.05) is 23.0 Å². The molecule has 1 amide bonds. The molecule has 1 aliphatic heterocycles. The van der Waals surface area contributed by atoms with Crippen LogP contribution >= 0.6 is 11.8 Å². The lowest BCUT2D eigenvalue weighted by Crippen LogP contribution is -2.29. The Morgan fingerprint density at radius 2 is 2.28 bits per heavy atom. The first-order valence-corrected chi connectivity index (χ1v) is 7.03. The summed E-state index contributed by atoms with van der Waals surface area (Å²) < 4.78 is 0. The van der Waals surface area contributed by atoms with E-state index in [0.29, 0.717) is 13.0 Å². The molecular formula is C13H15NO3S. The highest BCUT2D eigenvalue weighted by atomic mass is 32.2. The van der Waals surface area contributed by atoms with E-state index < -0.39 is 5.97 Å². The quantitative estimate of drug-likeness (QED) is 0.828. The number of fused-ring (bicyclic) bond motifs is 1. The second kappa shape index (κ2) is 5.44. The molecule has 0 spiro atoms. The van der Waals surface area contributed by atoms with Gasteiger partial charge in [0.25, 0.3) is 0 Å². The molecule has 1 aromatic carbocycles. The summed E-state index contributed by atoms with van der Waals surface area (Å²) in [6.07, 6.45) is 0.313. The minimum absolute atomic E-state index is 0.0595. The average Bonchev–Trinajstić information content (AvgIpc) is 2.65. The number of carboxylic acids is 1. The summed E-state index contributed by atoms with van der Waals surface area (Å²) in [6, 6.07) is 4.89. The second-order valence-electron chi connectivity index (χ2n) is 4.07. The van der Waals surface area contributed by atoms with E-state index in [9.17, 15) is 9.59 Å². The molecule has 1 N–H and O–H groups in total. The predicted octanol–water partition coefficient (Wildman–Crippen LogP) is 2.03. The second-order valence-corrected chi connectivity index (χ2v) is 5.46. The van der Waals surface area contributed by atoms with Gasteiger partial charge in [0.1, 0.15) is 0 Å². The number of carbonyl (C=O) groups is 2. The molecule has 0 unspecified atom stereocenters. The molecule has 1 aromatic rings. The summed E-state index contributed by atoms with van der Waals surface area (Å²) in [7, 11) is 0. The number of carboxylic acid groups (broad SMARTS) is 1. The van der Waals surface area contributed by atoms with E-state index in [0.717, 1.165) is 22.8 Å². The molecule has 0 radical (unpaired) electrons. The Labute approximate surface area is 110 Å². The van der Waals surface area contributed by atoms with Gasteiger partial charge in [-0.3, -0.25) is 4.79 Å². The van der Waals surface area contributed by atoms with E-state index >= 15 is 0 Å². The lowest BCUT2D eigenvalue weighted by Gasteiger charge is -2.17. The van der Waals surface area contributed by atoms with Crippen molar-refractivity contribution in [3.63, 3.8) is 0 Å². The first-order valence-electron chi connectivity index (χ1n) is 5.87. The van der Waals surface area contributed by atoms with Crippen molar-refractivity contribution in [1.82, 2.24) is 0 Å². The number of anilines is 1. The number of thioether (sulfide) groups is 1. The van der Waals surface area contributed by atoms with Crippen LogP contribution in [0.1, 0.15) is 22.8 Å². The third-order valence-corrected chi connectivity index (χ3v) is 3.80. The summed E-state index contributed by atoms with van der Waals surface area (Å²) in [4.78, 5) is 24.5. The molecular weight excluding hydrogens is 250 g/mol. The molecule has 0 saturated heterocycles. The van der Waals surface area contributed by atoms with E-state index in [2.05, 4.69) is 6.92 Å². The molecule has 0 fully saturated rings. The van der Waals surface area contributed by atoms with E-state index in [1.807, 2.05) is 0 Å². The monoisotopic (exact) mass is 265 g/mol. The standard InChI is InChI=1S/C13H15NO3S/c1-2-18-6-5-14-11-4-3-9(13(16)17)7-10(11)8-12(14)15/h3-4,7H,2,5-6,8H2,1H3,(H,16,17). The summed E-state index contributed by atoms with van der Waals surface area (Å²) in [6.45, 7) is 2.78. The van der Waals surface area contributed by atoms with E-state index in [-0.39, 0.29) is 11.5 Å². The molecule has 5 heteroatoms. The maximum Gasteiger partial charge on any atom is 0.335 e. The lowest BCUT2D eigenvalue weighted by atomic mass is 10.1. The fourth-order valence-corrected chi connectivity index (χ4v) is 2.66. The average molecular weight is 265 g/mol. The molecule has 96 valence electrons. The van der Waals surface area contributed by atoms with Gasteiger partial charge in [-0.25, -0.2) is 4.79 Å². The number of benzene rings is 1. The zero-order valence-corrected chi connectivity index (χ0v) is 11.0. The maximum absolute atomic E-state index is 11.9. The Morgan fingerprint density at radius 3 is 2.94 bits per heavy atom. The van der Waals surface area contributed by atoms with Crippen LogP contribution < -0.4 is 4.90 Å². The van der Waals surface area contributed by atoms with E-state index in [4.69, 9.17) is 5.11 Å². The molecule has 0 aliphatic carbocycles. The Balaban J connectivity index is 2.18. The number of carbonyl (C=O) groups excluding carboxylic acids is 1. The Hall–Kier alpha value is -1.49. The smallest absolute Gasteiger partial charge is 0.335 e. The lowest BCUT2D eigenvalue weighted by molar-refractivity contribution is -0.117. The third-order valence-electron chi connectivity index (χ3n) is 2.92. The highest BCUT2D eigenvalue weighted by Gasteiger charge is 2.27. The molecule has 0 bridgehead atoms. The SMILES string of the molecule is CCSCCN1C(=O)Cc2cc(C(=O)O)ccc21. The summed E-state index contributed by atoms with van der Waals surface area (Å²) in [5.74, 6) is 1.05. The van der Waals surface area contributed by atoms with Crippen LogP contribution in [0.3, 0.4) is 0 Å². The van der Waals surface area contributed by atoms with Gasteiger partial charge in [0.05, 0.1) is 12.0 Å². The number of hydrogen-bond acceptors (Lipinski definition) is 3. The van der Waals surface area contributed by atoms with E-state index in [1.165, 1.54) is 0 Å². The van der Waals surface area contributed by atoms with Crippen molar-refractivity contribution >= 4 is 29.3 Å². The summed E-state index contributed by atoms with van der Waals surface area (Å²) in [5.41, 5.74) is 1.93. The summed E-state index contributed by atoms with van der Waals surface area (Å²) in [5, 5.41) is 8.92. The molecule has 1 heterocycles. The minimum atomic E-state index is -0.953. The molecule has 0 saturated carbocycles. The van der Waals surface area contributed by atoms with Crippen LogP contribution in [-0.2, 0) is 11.2 Å². The number of amides is 1. The fraction of sp³-hybridized carbons (Fsp3) is 0.385. The first-order chi connectivity index (χ1) is 8.63. The largest absolute Gasteiger partial charge is 0.478 e. The fourth-order valence-electron chi connectivity index (χ4n) is 2.06. The third kappa shape index (κ3) is 2.51. The molecule has 0 atom stereocenters. The van der Waals surface area contributed by atoms with Crippen molar-refractivity contribution in [2.24, 2.45) is 0 Å². The van der Waals surface area contributed by atoms with Crippen molar-refractivity contribution in [1.29, 1.82) is 0 Å². The van der Waals surface area contributed by atoms with Crippen LogP contribution in [0.2, 0.25) is 0 Å². The van der Waals surface area contributed by atoms with Gasteiger partial charge in [-0.2, -0.15) is 11.8 Å². The number of nitrogens with zero attached hydrogens (tertiary/aromatic N) is 1. The normalized spacial score (nSPS) is 13.8. The number of rotatable bonds is 5. The van der Waals surface area contributed by atoms with Gasteiger partial charge in [-0.1, -0.05) is 6.92 Å². The first kappa shape index (κ1) is 13.0. The van der Waals surface area contributed by atoms with Crippen LogP contribution in [0.15, 0.2) is 18.2 Å². The Kier molecular flexibility index (Phi) is 3.91. The van der Waals surface area contributed by atoms with Gasteiger partial charge in [0, 0.05) is 18.0 Å². The van der Waals surface area contributed by atoms with Crippen molar-refractivity contribution < 1.29 is 14.7 Å². The van der Waals surface area contributed by atoms with Gasteiger partial charge in [-0.15, -0.1) is 0 Å². The zero-order chi connectivity index (χ0) is 13.1. The van der Waals surface area contributed by atoms with Crippen LogP contribution in [0.25, 0.3) is 0 Å². The topological polar surface area (TPSA) is 57.6 Å². The van der Waals surface area contributed by atoms with Crippen LogP contribution in [0, 0.1) is 0 Å². The Bertz CT molecular complexity index is 487. The predicted molar refractivity (Wildman–Crippen MR) is 72.5 cm³/mol. The van der Waals surface area contributed by atoms with Crippen LogP contribution in [0.4, 0.5) is 5.69 Å². The summed E-state index contributed by atoms with van der Waals surface area (Å²) >= 11 is 1.79. The molecule has 0 aromatic heterocycles. The van der Waals surface area contributed by atoms with Crippen molar-refractivity contribution in [3.05, 3.63) is 29.3 Å². The van der Waals surface area contributed by atoms with Crippen molar-refractivity contribution in [2.45, 2.75) is 13.3 Å². The van der Waals surface area contributed by atoms with Crippen LogP contribution in [-0.4, -0.2) is 35.0 Å². The molecule has 2 rings (SSSR count). The van der Waals surface area contributed by atoms with Crippen LogP contribution in [0.5, 0.6) is 0 Å². The van der Waals surface area contributed by atoms with Gasteiger partial charge in [-0.05, 0) is 29.5 Å². The van der Waals surface area contributed by atoms with Gasteiger partial charge in [0.2, 0.25) is 5.91 Å².